The third-order valence-electron chi connectivity index (χ3n) is 3.80. The summed E-state index contributed by atoms with van der Waals surface area (Å²) in [5.74, 6) is 0.754. The van der Waals surface area contributed by atoms with Crippen LogP contribution >= 0.6 is 0 Å². The van der Waals surface area contributed by atoms with Crippen LogP contribution in [0.5, 0.6) is 0 Å². The fourth-order valence-electron chi connectivity index (χ4n) is 2.67. The van der Waals surface area contributed by atoms with Crippen molar-refractivity contribution in [3.8, 4) is 6.07 Å². The lowest BCUT2D eigenvalue weighted by Gasteiger charge is -2.27. The molecular formula is C15H28N2O. The van der Waals surface area contributed by atoms with Gasteiger partial charge in [-0.2, -0.15) is 5.26 Å². The number of hydrogen-bond donors (Lipinski definition) is 1. The van der Waals surface area contributed by atoms with E-state index in [4.69, 9.17) is 4.74 Å². The Kier molecular flexibility index (Phi) is 6.67. The van der Waals surface area contributed by atoms with E-state index in [1.807, 2.05) is 6.92 Å². The van der Waals surface area contributed by atoms with Gasteiger partial charge in [0.2, 0.25) is 0 Å². The van der Waals surface area contributed by atoms with Crippen LogP contribution in [0.3, 0.4) is 0 Å². The highest BCUT2D eigenvalue weighted by molar-refractivity contribution is 5.04. The van der Waals surface area contributed by atoms with Crippen molar-refractivity contribution in [2.75, 3.05) is 13.2 Å². The molecule has 0 aromatic heterocycles. The minimum absolute atomic E-state index is 0.152. The number of nitriles is 1. The molecular weight excluding hydrogens is 224 g/mol. The number of ether oxygens (including phenoxy) is 1. The minimum atomic E-state index is -0.453. The van der Waals surface area contributed by atoms with E-state index in [2.05, 4.69) is 25.2 Å². The fraction of sp³-hybridized carbons (Fsp3) is 0.933. The second kappa shape index (κ2) is 7.76. The molecule has 0 saturated heterocycles. The summed E-state index contributed by atoms with van der Waals surface area (Å²) in [6, 6.07) is 2.38. The first-order chi connectivity index (χ1) is 8.59. The number of rotatable bonds is 8. The first-order valence-electron chi connectivity index (χ1n) is 7.37. The van der Waals surface area contributed by atoms with Gasteiger partial charge in [0.05, 0.1) is 12.2 Å². The van der Waals surface area contributed by atoms with Crippen molar-refractivity contribution in [1.82, 2.24) is 5.32 Å². The van der Waals surface area contributed by atoms with E-state index in [0.717, 1.165) is 31.9 Å². The van der Waals surface area contributed by atoms with Crippen LogP contribution in [0.15, 0.2) is 0 Å². The number of nitrogens with zero attached hydrogens (tertiary/aromatic N) is 1. The topological polar surface area (TPSA) is 45.0 Å². The van der Waals surface area contributed by atoms with Crippen LogP contribution in [0.1, 0.15) is 59.3 Å². The molecule has 1 N–H and O–H groups in total. The molecule has 0 aromatic carbocycles. The Morgan fingerprint density at radius 2 is 2.11 bits per heavy atom. The van der Waals surface area contributed by atoms with Gasteiger partial charge in [0, 0.05) is 13.0 Å². The summed E-state index contributed by atoms with van der Waals surface area (Å²) in [6.45, 7) is 7.93. The molecule has 0 amide bonds. The van der Waals surface area contributed by atoms with Crippen LogP contribution in [0.4, 0.5) is 0 Å². The molecule has 0 aliphatic heterocycles. The summed E-state index contributed by atoms with van der Waals surface area (Å²) in [5.41, 5.74) is -0.453. The second-order valence-electron chi connectivity index (χ2n) is 5.87. The van der Waals surface area contributed by atoms with Gasteiger partial charge < -0.3 is 4.74 Å². The predicted molar refractivity (Wildman–Crippen MR) is 74.3 cm³/mol. The van der Waals surface area contributed by atoms with E-state index in [9.17, 15) is 5.26 Å². The first-order valence-corrected chi connectivity index (χ1v) is 7.37. The van der Waals surface area contributed by atoms with Crippen molar-refractivity contribution in [3.63, 3.8) is 0 Å². The van der Waals surface area contributed by atoms with Crippen molar-refractivity contribution in [1.29, 1.82) is 5.26 Å². The zero-order chi connectivity index (χ0) is 13.4. The quantitative estimate of drug-likeness (QED) is 0.721. The molecule has 0 radical (unpaired) electrons. The van der Waals surface area contributed by atoms with E-state index >= 15 is 0 Å². The summed E-state index contributed by atoms with van der Waals surface area (Å²) in [7, 11) is 0. The third-order valence-corrected chi connectivity index (χ3v) is 3.80. The highest BCUT2D eigenvalue weighted by atomic mass is 16.5. The van der Waals surface area contributed by atoms with Crippen molar-refractivity contribution in [3.05, 3.63) is 0 Å². The monoisotopic (exact) mass is 252 g/mol. The Balaban J connectivity index is 2.27. The average molecular weight is 252 g/mol. The van der Waals surface area contributed by atoms with Gasteiger partial charge in [-0.3, -0.25) is 5.32 Å². The summed E-state index contributed by atoms with van der Waals surface area (Å²) in [4.78, 5) is 0. The molecule has 2 unspecified atom stereocenters. The largest absolute Gasteiger partial charge is 0.378 e. The highest BCUT2D eigenvalue weighted by Gasteiger charge is 2.26. The highest BCUT2D eigenvalue weighted by Crippen LogP contribution is 2.25. The lowest BCUT2D eigenvalue weighted by Crippen LogP contribution is -2.44. The Labute approximate surface area is 112 Å². The molecule has 1 saturated carbocycles. The van der Waals surface area contributed by atoms with E-state index in [-0.39, 0.29) is 6.10 Å². The van der Waals surface area contributed by atoms with Gasteiger partial charge in [-0.25, -0.2) is 0 Å². The standard InChI is InChI=1S/C15H28N2O/c1-4-9-17-15(3,12-16)10-13(2)18-11-14-7-5-6-8-14/h13-14,17H,4-11H2,1-3H3. The Morgan fingerprint density at radius 1 is 1.44 bits per heavy atom. The van der Waals surface area contributed by atoms with Crippen molar-refractivity contribution >= 4 is 0 Å². The molecule has 1 aliphatic rings. The van der Waals surface area contributed by atoms with Crippen LogP contribution < -0.4 is 5.32 Å². The van der Waals surface area contributed by atoms with Crippen molar-refractivity contribution in [2.24, 2.45) is 5.92 Å². The average Bonchev–Trinajstić information content (AvgIpc) is 2.87. The third kappa shape index (κ3) is 5.37. The number of nitrogens with one attached hydrogen (secondary N) is 1. The molecule has 1 rings (SSSR count). The van der Waals surface area contributed by atoms with Crippen LogP contribution in [-0.2, 0) is 4.74 Å². The van der Waals surface area contributed by atoms with Gasteiger partial charge >= 0.3 is 0 Å². The lowest BCUT2D eigenvalue weighted by molar-refractivity contribution is 0.0262. The van der Waals surface area contributed by atoms with Gasteiger partial charge in [-0.15, -0.1) is 0 Å². The van der Waals surface area contributed by atoms with Gasteiger partial charge in [-0.05, 0) is 45.6 Å². The molecule has 1 aliphatic carbocycles. The first kappa shape index (κ1) is 15.5. The molecule has 0 aromatic rings. The SMILES string of the molecule is CCCNC(C)(C#N)CC(C)OCC1CCCC1. The molecule has 1 fully saturated rings. The summed E-state index contributed by atoms with van der Waals surface area (Å²) >= 11 is 0. The van der Waals surface area contributed by atoms with E-state index < -0.39 is 5.54 Å². The summed E-state index contributed by atoms with van der Waals surface area (Å²) < 4.78 is 5.91. The van der Waals surface area contributed by atoms with Gasteiger partial charge in [0.15, 0.2) is 0 Å². The van der Waals surface area contributed by atoms with E-state index in [0.29, 0.717) is 0 Å². The lowest BCUT2D eigenvalue weighted by atomic mass is 9.96. The molecule has 104 valence electrons. The summed E-state index contributed by atoms with van der Waals surface area (Å²) in [6.07, 6.45) is 7.31. The molecule has 0 spiro atoms. The van der Waals surface area contributed by atoms with Crippen LogP contribution in [-0.4, -0.2) is 24.8 Å². The maximum Gasteiger partial charge on any atom is 0.106 e. The fourth-order valence-corrected chi connectivity index (χ4v) is 2.67. The van der Waals surface area contributed by atoms with Crippen molar-refractivity contribution < 1.29 is 4.74 Å². The summed E-state index contributed by atoms with van der Waals surface area (Å²) in [5, 5.41) is 12.6. The predicted octanol–water partition coefficient (Wildman–Crippen LogP) is 3.25. The van der Waals surface area contributed by atoms with Gasteiger partial charge in [-0.1, -0.05) is 19.8 Å². The van der Waals surface area contributed by atoms with Gasteiger partial charge in [0.1, 0.15) is 5.54 Å². The zero-order valence-electron chi connectivity index (χ0n) is 12.2. The second-order valence-corrected chi connectivity index (χ2v) is 5.87. The minimum Gasteiger partial charge on any atom is -0.378 e. The molecule has 3 heteroatoms. The molecule has 0 bridgehead atoms. The smallest absolute Gasteiger partial charge is 0.106 e. The van der Waals surface area contributed by atoms with Crippen LogP contribution in [0.25, 0.3) is 0 Å². The Hall–Kier alpha value is -0.590. The molecule has 18 heavy (non-hydrogen) atoms. The van der Waals surface area contributed by atoms with Crippen molar-refractivity contribution in [2.45, 2.75) is 70.9 Å². The zero-order valence-corrected chi connectivity index (χ0v) is 12.2. The Morgan fingerprint density at radius 3 is 2.67 bits per heavy atom. The molecule has 0 heterocycles. The Bertz CT molecular complexity index is 268. The van der Waals surface area contributed by atoms with Gasteiger partial charge in [0.25, 0.3) is 0 Å². The normalized spacial score (nSPS) is 21.4. The van der Waals surface area contributed by atoms with Crippen LogP contribution in [0, 0.1) is 17.2 Å². The van der Waals surface area contributed by atoms with E-state index in [1.54, 1.807) is 0 Å². The van der Waals surface area contributed by atoms with Crippen LogP contribution in [0.2, 0.25) is 0 Å². The maximum absolute atomic E-state index is 9.27. The van der Waals surface area contributed by atoms with E-state index in [1.165, 1.54) is 25.7 Å². The number of hydrogen-bond acceptors (Lipinski definition) is 3. The molecule has 2 atom stereocenters. The molecule has 3 nitrogen and oxygen atoms in total. The maximum atomic E-state index is 9.27.